The van der Waals surface area contributed by atoms with Crippen LogP contribution in [0.3, 0.4) is 0 Å². The van der Waals surface area contributed by atoms with Gasteiger partial charge in [-0.3, -0.25) is 4.90 Å². The molecule has 3 aromatic rings. The molecule has 122 valence electrons. The van der Waals surface area contributed by atoms with Crippen molar-refractivity contribution in [3.8, 4) is 0 Å². The smallest absolute Gasteiger partial charge is 0.140 e. The maximum atomic E-state index is 4.56. The summed E-state index contributed by atoms with van der Waals surface area (Å²) in [6.45, 7) is 5.10. The molecule has 0 aliphatic carbocycles. The summed E-state index contributed by atoms with van der Waals surface area (Å²) in [5.74, 6) is 1.04. The lowest BCUT2D eigenvalue weighted by atomic mass is 10.2. The summed E-state index contributed by atoms with van der Waals surface area (Å²) in [4.78, 5) is 13.8. The Kier molecular flexibility index (Phi) is 4.45. The van der Waals surface area contributed by atoms with E-state index in [-0.39, 0.29) is 0 Å². The Balaban J connectivity index is 1.49. The van der Waals surface area contributed by atoms with Crippen LogP contribution in [-0.2, 0) is 6.54 Å². The van der Waals surface area contributed by atoms with Crippen molar-refractivity contribution in [2.75, 3.05) is 31.1 Å². The predicted molar refractivity (Wildman–Crippen MR) is 101 cm³/mol. The monoisotopic (exact) mass is 382 g/mol. The highest BCUT2D eigenvalue weighted by Gasteiger charge is 2.20. The minimum Gasteiger partial charge on any atom is -0.353 e. The van der Waals surface area contributed by atoms with Crippen LogP contribution < -0.4 is 4.90 Å². The molecule has 0 unspecified atom stereocenters. The fourth-order valence-corrected chi connectivity index (χ4v) is 3.59. The van der Waals surface area contributed by atoms with E-state index in [1.165, 1.54) is 5.56 Å². The number of fused-ring (bicyclic) bond motifs is 1. The summed E-state index contributed by atoms with van der Waals surface area (Å²) < 4.78 is 1.06. The molecule has 4 nitrogen and oxygen atoms in total. The summed E-state index contributed by atoms with van der Waals surface area (Å²) in [5, 5.41) is 1.11. The molecule has 5 heteroatoms. The highest BCUT2D eigenvalue weighted by molar-refractivity contribution is 9.10. The molecule has 0 atom stereocenters. The molecule has 4 rings (SSSR count). The van der Waals surface area contributed by atoms with E-state index in [1.807, 2.05) is 12.1 Å². The second-order valence-corrected chi connectivity index (χ2v) is 7.02. The average molecular weight is 383 g/mol. The van der Waals surface area contributed by atoms with Crippen LogP contribution in [0.15, 0.2) is 59.3 Å². The summed E-state index contributed by atoms with van der Waals surface area (Å²) >= 11 is 3.55. The lowest BCUT2D eigenvalue weighted by Crippen LogP contribution is -2.46. The molecule has 1 saturated heterocycles. The number of anilines is 1. The Labute approximate surface area is 150 Å². The minimum atomic E-state index is 0.992. The lowest BCUT2D eigenvalue weighted by Gasteiger charge is -2.35. The highest BCUT2D eigenvalue weighted by Crippen LogP contribution is 2.26. The molecule has 0 bridgehead atoms. The first kappa shape index (κ1) is 15.5. The van der Waals surface area contributed by atoms with E-state index in [0.717, 1.165) is 53.9 Å². The van der Waals surface area contributed by atoms with E-state index in [2.05, 4.69) is 72.1 Å². The van der Waals surface area contributed by atoms with Crippen molar-refractivity contribution < 1.29 is 0 Å². The van der Waals surface area contributed by atoms with Gasteiger partial charge in [0.25, 0.3) is 0 Å². The SMILES string of the molecule is Brc1ccc2ncnc(N3CCN(Cc4ccccc4)CC3)c2c1. The van der Waals surface area contributed by atoms with Crippen molar-refractivity contribution in [3.05, 3.63) is 64.9 Å². The Morgan fingerprint density at radius 3 is 2.50 bits per heavy atom. The number of nitrogens with zero attached hydrogens (tertiary/aromatic N) is 4. The molecule has 1 aliphatic rings. The quantitative estimate of drug-likeness (QED) is 0.690. The van der Waals surface area contributed by atoms with Gasteiger partial charge in [-0.05, 0) is 23.8 Å². The molecule has 1 aromatic heterocycles. The van der Waals surface area contributed by atoms with E-state index in [1.54, 1.807) is 6.33 Å². The van der Waals surface area contributed by atoms with E-state index in [0.29, 0.717) is 0 Å². The second kappa shape index (κ2) is 6.87. The summed E-state index contributed by atoms with van der Waals surface area (Å²) in [7, 11) is 0. The van der Waals surface area contributed by atoms with E-state index < -0.39 is 0 Å². The fraction of sp³-hybridized carbons (Fsp3) is 0.263. The molecular formula is C19H19BrN4. The van der Waals surface area contributed by atoms with Gasteiger partial charge >= 0.3 is 0 Å². The molecule has 2 heterocycles. The summed E-state index contributed by atoms with van der Waals surface area (Å²) in [6.07, 6.45) is 1.67. The number of aromatic nitrogens is 2. The highest BCUT2D eigenvalue weighted by atomic mass is 79.9. The maximum absolute atomic E-state index is 4.56. The van der Waals surface area contributed by atoms with Crippen LogP contribution in [0.25, 0.3) is 10.9 Å². The van der Waals surface area contributed by atoms with Gasteiger partial charge in [-0.2, -0.15) is 0 Å². The second-order valence-electron chi connectivity index (χ2n) is 6.11. The van der Waals surface area contributed by atoms with Crippen molar-refractivity contribution in [1.29, 1.82) is 0 Å². The number of piperazine rings is 1. The molecule has 1 fully saturated rings. The molecular weight excluding hydrogens is 364 g/mol. The van der Waals surface area contributed by atoms with Gasteiger partial charge in [-0.1, -0.05) is 46.3 Å². The molecule has 0 amide bonds. The van der Waals surface area contributed by atoms with Crippen LogP contribution in [0.5, 0.6) is 0 Å². The van der Waals surface area contributed by atoms with Crippen molar-refractivity contribution in [3.63, 3.8) is 0 Å². The zero-order valence-electron chi connectivity index (χ0n) is 13.4. The number of rotatable bonds is 3. The molecule has 0 radical (unpaired) electrons. The van der Waals surface area contributed by atoms with Gasteiger partial charge in [0, 0.05) is 42.6 Å². The van der Waals surface area contributed by atoms with Gasteiger partial charge in [0.1, 0.15) is 12.1 Å². The van der Waals surface area contributed by atoms with E-state index in [4.69, 9.17) is 0 Å². The number of hydrogen-bond donors (Lipinski definition) is 0. The zero-order valence-corrected chi connectivity index (χ0v) is 15.0. The largest absolute Gasteiger partial charge is 0.353 e. The van der Waals surface area contributed by atoms with Gasteiger partial charge in [-0.25, -0.2) is 9.97 Å². The van der Waals surface area contributed by atoms with E-state index in [9.17, 15) is 0 Å². The number of benzene rings is 2. The standard InChI is InChI=1S/C19H19BrN4/c20-16-6-7-18-17(12-16)19(22-14-21-18)24-10-8-23(9-11-24)13-15-4-2-1-3-5-15/h1-7,12,14H,8-11,13H2. The van der Waals surface area contributed by atoms with Crippen LogP contribution in [0.1, 0.15) is 5.56 Å². The van der Waals surface area contributed by atoms with Gasteiger partial charge in [0.05, 0.1) is 5.52 Å². The van der Waals surface area contributed by atoms with Gasteiger partial charge < -0.3 is 4.90 Å². The number of hydrogen-bond acceptors (Lipinski definition) is 4. The number of halogens is 1. The predicted octanol–water partition coefficient (Wildman–Crippen LogP) is 3.71. The van der Waals surface area contributed by atoms with Crippen molar-refractivity contribution >= 4 is 32.7 Å². The topological polar surface area (TPSA) is 32.3 Å². The Hall–Kier alpha value is -1.98. The van der Waals surface area contributed by atoms with Crippen molar-refractivity contribution in [2.45, 2.75) is 6.54 Å². The molecule has 2 aromatic carbocycles. The van der Waals surface area contributed by atoms with Crippen molar-refractivity contribution in [1.82, 2.24) is 14.9 Å². The van der Waals surface area contributed by atoms with Crippen LogP contribution in [0.2, 0.25) is 0 Å². The average Bonchev–Trinajstić information content (AvgIpc) is 2.63. The Morgan fingerprint density at radius 1 is 0.917 bits per heavy atom. The van der Waals surface area contributed by atoms with Crippen LogP contribution in [0, 0.1) is 0 Å². The van der Waals surface area contributed by atoms with Crippen molar-refractivity contribution in [2.24, 2.45) is 0 Å². The minimum absolute atomic E-state index is 0.992. The molecule has 24 heavy (non-hydrogen) atoms. The first-order valence-corrected chi connectivity index (χ1v) is 9.00. The molecule has 0 spiro atoms. The van der Waals surface area contributed by atoms with Gasteiger partial charge in [-0.15, -0.1) is 0 Å². The normalized spacial score (nSPS) is 15.8. The van der Waals surface area contributed by atoms with E-state index >= 15 is 0 Å². The third kappa shape index (κ3) is 3.28. The summed E-state index contributed by atoms with van der Waals surface area (Å²) in [5.41, 5.74) is 2.37. The lowest BCUT2D eigenvalue weighted by molar-refractivity contribution is 0.249. The maximum Gasteiger partial charge on any atom is 0.140 e. The Morgan fingerprint density at radius 2 is 1.71 bits per heavy atom. The van der Waals surface area contributed by atoms with Gasteiger partial charge in [0.2, 0.25) is 0 Å². The molecule has 0 saturated carbocycles. The first-order valence-electron chi connectivity index (χ1n) is 8.21. The molecule has 1 aliphatic heterocycles. The zero-order chi connectivity index (χ0) is 16.4. The third-order valence-electron chi connectivity index (χ3n) is 4.50. The Bertz CT molecular complexity index is 829. The first-order chi connectivity index (χ1) is 11.8. The third-order valence-corrected chi connectivity index (χ3v) is 4.99. The molecule has 0 N–H and O–H groups in total. The van der Waals surface area contributed by atoms with Crippen LogP contribution >= 0.6 is 15.9 Å². The van der Waals surface area contributed by atoms with Gasteiger partial charge in [0.15, 0.2) is 0 Å². The summed E-state index contributed by atoms with van der Waals surface area (Å²) in [6, 6.07) is 16.9. The van der Waals surface area contributed by atoms with Crippen LogP contribution in [0.4, 0.5) is 5.82 Å². The van der Waals surface area contributed by atoms with Crippen LogP contribution in [-0.4, -0.2) is 41.0 Å². The fourth-order valence-electron chi connectivity index (χ4n) is 3.23.